The minimum atomic E-state index is -8.96. The van der Waals surface area contributed by atoms with Gasteiger partial charge in [-0.05, 0) is 0 Å². The average molecular weight is 554 g/mol. The third-order valence-corrected chi connectivity index (χ3v) is 3.32. The highest BCUT2D eigenvalue weighted by Crippen LogP contribution is 2.64. The summed E-state index contributed by atoms with van der Waals surface area (Å²) in [5.74, 6) is -53.0. The number of rotatable bonds is 6. The van der Waals surface area contributed by atoms with Crippen LogP contribution in [-0.4, -0.2) is 60.1 Å². The summed E-state index contributed by atoms with van der Waals surface area (Å²) in [5, 5.41) is 0. The lowest BCUT2D eigenvalue weighted by molar-refractivity contribution is -0.540. The van der Waals surface area contributed by atoms with Gasteiger partial charge in [-0.25, -0.2) is 0 Å². The molecule has 0 aromatic rings. The van der Waals surface area contributed by atoms with Gasteiger partial charge in [-0.15, -0.1) is 0 Å². The molecule has 0 spiro atoms. The summed E-state index contributed by atoms with van der Waals surface area (Å²) in [5.41, 5.74) is 0. The molecular weight excluding hydrogens is 554 g/mol. The molecule has 0 saturated carbocycles. The van der Waals surface area contributed by atoms with Crippen molar-refractivity contribution in [2.24, 2.45) is 0 Å². The normalized spacial score (nSPS) is 19.8. The molecule has 2 atom stereocenters. The quantitative estimate of drug-likeness (QED) is 0.318. The molecule has 0 rings (SSSR count). The molecular formula is C10F22O. The summed E-state index contributed by atoms with van der Waals surface area (Å²) in [6.45, 7) is 0. The van der Waals surface area contributed by atoms with E-state index in [1.807, 2.05) is 0 Å². The van der Waals surface area contributed by atoms with Crippen molar-refractivity contribution in [3.63, 3.8) is 0 Å². The highest BCUT2D eigenvalue weighted by atomic mass is 19.4. The molecule has 2 unspecified atom stereocenters. The van der Waals surface area contributed by atoms with Crippen LogP contribution in [-0.2, 0) is 4.74 Å². The predicted molar refractivity (Wildman–Crippen MR) is 52.8 cm³/mol. The number of ether oxygens (including phenoxy) is 1. The predicted octanol–water partition coefficient (Wildman–Crippen LogP) is 7.13. The van der Waals surface area contributed by atoms with Crippen molar-refractivity contribution in [2.75, 3.05) is 0 Å². The molecule has 0 aromatic heterocycles. The summed E-state index contributed by atoms with van der Waals surface area (Å²) in [7, 11) is 0. The van der Waals surface area contributed by atoms with Crippen LogP contribution in [0, 0.1) is 0 Å². The fourth-order valence-electron chi connectivity index (χ4n) is 1.55. The molecule has 0 radical (unpaired) electrons. The van der Waals surface area contributed by atoms with Gasteiger partial charge in [0.2, 0.25) is 0 Å². The lowest BCUT2D eigenvalue weighted by atomic mass is 9.98. The van der Waals surface area contributed by atoms with Gasteiger partial charge >= 0.3 is 60.1 Å². The summed E-state index contributed by atoms with van der Waals surface area (Å²) in [4.78, 5) is 0. The van der Waals surface area contributed by atoms with Crippen molar-refractivity contribution in [3.8, 4) is 0 Å². The van der Waals surface area contributed by atoms with Crippen molar-refractivity contribution < 1.29 is 101 Å². The fourth-order valence-corrected chi connectivity index (χ4v) is 1.55. The van der Waals surface area contributed by atoms with Gasteiger partial charge in [-0.1, -0.05) is 0 Å². The molecule has 23 heteroatoms. The summed E-state index contributed by atoms with van der Waals surface area (Å²) >= 11 is 0. The van der Waals surface area contributed by atoms with Crippen molar-refractivity contribution in [1.82, 2.24) is 0 Å². The minimum absolute atomic E-state index is 0.804. The third-order valence-electron chi connectivity index (χ3n) is 3.32. The van der Waals surface area contributed by atoms with E-state index in [9.17, 15) is 96.6 Å². The molecule has 33 heavy (non-hydrogen) atoms. The Hall–Kier alpha value is -1.58. The highest BCUT2D eigenvalue weighted by Gasteiger charge is 2.94. The van der Waals surface area contributed by atoms with Gasteiger partial charge < -0.3 is 0 Å². The number of hydrogen-bond donors (Lipinski definition) is 0. The van der Waals surface area contributed by atoms with Gasteiger partial charge in [0.05, 0.1) is 0 Å². The number of halogens is 22. The van der Waals surface area contributed by atoms with Gasteiger partial charge in [0.1, 0.15) is 0 Å². The molecule has 0 aliphatic heterocycles. The van der Waals surface area contributed by atoms with Crippen LogP contribution in [0.4, 0.5) is 96.6 Å². The molecule has 1 nitrogen and oxygen atoms in total. The second-order valence-electron chi connectivity index (χ2n) is 5.58. The van der Waals surface area contributed by atoms with E-state index in [4.69, 9.17) is 0 Å². The number of alkyl halides is 22. The molecule has 0 aromatic carbocycles. The van der Waals surface area contributed by atoms with E-state index in [1.54, 1.807) is 0 Å². The lowest BCUT2D eigenvalue weighted by Crippen LogP contribution is -2.75. The van der Waals surface area contributed by atoms with Crippen LogP contribution in [0.2, 0.25) is 0 Å². The monoisotopic (exact) mass is 554 g/mol. The zero-order chi connectivity index (χ0) is 27.7. The highest BCUT2D eigenvalue weighted by molar-refractivity contribution is 5.10. The SMILES string of the molecule is FC(F)(F)C(F)(F)C(F)(F)C(F)(OC(F)(C(F)(F)F)C(F)(F)C(F)(F)C(F)(F)F)C(F)(F)F. The zero-order valence-corrected chi connectivity index (χ0v) is 13.7. The molecule has 0 heterocycles. The lowest BCUT2D eigenvalue weighted by Gasteiger charge is -2.45. The van der Waals surface area contributed by atoms with Gasteiger partial charge in [-0.3, -0.25) is 4.74 Å². The summed E-state index contributed by atoms with van der Waals surface area (Å²) in [6.07, 6.45) is -33.3. The Morgan fingerprint density at radius 3 is 0.545 bits per heavy atom. The Balaban J connectivity index is 7.43. The standard InChI is InChI=1S/C10F22O/c11-1(12,3(15,16)7(21,22)23)5(19,9(27,28)29)33-6(20,10(30,31)32)2(13,14)4(17,18)8(24,25)26. The Bertz CT molecular complexity index is 645. The van der Waals surface area contributed by atoms with Crippen molar-refractivity contribution >= 4 is 0 Å². The van der Waals surface area contributed by atoms with E-state index in [-0.39, 0.29) is 0 Å². The van der Waals surface area contributed by atoms with Crippen LogP contribution >= 0.6 is 0 Å². The number of hydrogen-bond acceptors (Lipinski definition) is 1. The van der Waals surface area contributed by atoms with Crippen molar-refractivity contribution in [3.05, 3.63) is 0 Å². The maximum atomic E-state index is 13.7. The summed E-state index contributed by atoms with van der Waals surface area (Å²) in [6, 6.07) is 0. The van der Waals surface area contributed by atoms with Crippen molar-refractivity contribution in [2.45, 2.75) is 60.1 Å². The summed E-state index contributed by atoms with van der Waals surface area (Å²) < 4.78 is 278. The topological polar surface area (TPSA) is 9.23 Å². The van der Waals surface area contributed by atoms with E-state index in [0.717, 1.165) is 4.74 Å². The molecule has 0 aliphatic rings. The molecule has 0 N–H and O–H groups in total. The van der Waals surface area contributed by atoms with Crippen LogP contribution in [0.5, 0.6) is 0 Å². The Morgan fingerprint density at radius 1 is 0.242 bits per heavy atom. The smallest absolute Gasteiger partial charge is 0.284 e. The van der Waals surface area contributed by atoms with Crippen LogP contribution < -0.4 is 0 Å². The van der Waals surface area contributed by atoms with E-state index >= 15 is 0 Å². The van der Waals surface area contributed by atoms with Gasteiger partial charge in [0, 0.05) is 0 Å². The van der Waals surface area contributed by atoms with Gasteiger partial charge in [-0.2, -0.15) is 96.6 Å². The Morgan fingerprint density at radius 2 is 0.424 bits per heavy atom. The third kappa shape index (κ3) is 4.21. The first-order chi connectivity index (χ1) is 13.7. The Labute approximate surface area is 163 Å². The first-order valence-electron chi connectivity index (χ1n) is 6.57. The second-order valence-corrected chi connectivity index (χ2v) is 5.58. The molecule has 0 saturated heterocycles. The molecule has 0 aliphatic carbocycles. The molecule has 0 bridgehead atoms. The van der Waals surface area contributed by atoms with Crippen LogP contribution in [0.25, 0.3) is 0 Å². The fraction of sp³-hybridized carbons (Fsp3) is 1.00. The zero-order valence-electron chi connectivity index (χ0n) is 13.7. The van der Waals surface area contributed by atoms with E-state index in [0.29, 0.717) is 0 Å². The van der Waals surface area contributed by atoms with Crippen LogP contribution in [0.15, 0.2) is 0 Å². The van der Waals surface area contributed by atoms with Gasteiger partial charge in [0.15, 0.2) is 0 Å². The molecule has 0 fully saturated rings. The van der Waals surface area contributed by atoms with E-state index in [1.165, 1.54) is 0 Å². The first kappa shape index (κ1) is 31.4. The van der Waals surface area contributed by atoms with E-state index < -0.39 is 60.1 Å². The van der Waals surface area contributed by atoms with Crippen LogP contribution in [0.1, 0.15) is 0 Å². The molecule has 0 amide bonds. The minimum Gasteiger partial charge on any atom is -0.284 e. The molecule has 200 valence electrons. The first-order valence-corrected chi connectivity index (χ1v) is 6.57. The van der Waals surface area contributed by atoms with Crippen LogP contribution in [0.3, 0.4) is 0 Å². The second kappa shape index (κ2) is 7.46. The van der Waals surface area contributed by atoms with Gasteiger partial charge in [0.25, 0.3) is 0 Å². The van der Waals surface area contributed by atoms with E-state index in [2.05, 4.69) is 0 Å². The average Bonchev–Trinajstić information content (AvgIpc) is 2.49. The maximum absolute atomic E-state index is 13.7. The maximum Gasteiger partial charge on any atom is 0.460 e. The Kier molecular flexibility index (Phi) is 7.10. The van der Waals surface area contributed by atoms with Crippen molar-refractivity contribution in [1.29, 1.82) is 0 Å². The largest absolute Gasteiger partial charge is 0.460 e.